The molecule has 9 heteroatoms. The number of hydrogen-bond acceptors (Lipinski definition) is 5. The van der Waals surface area contributed by atoms with Crippen LogP contribution in [-0.4, -0.2) is 35.1 Å². The highest BCUT2D eigenvalue weighted by Crippen LogP contribution is 2.35. The van der Waals surface area contributed by atoms with Crippen LogP contribution in [0.3, 0.4) is 0 Å². The number of carbonyl (C=O) groups excluding carboxylic acids is 1. The van der Waals surface area contributed by atoms with Crippen molar-refractivity contribution < 1.29 is 22.7 Å². The molecule has 3 rings (SSSR count). The molecular formula is C24H25ClN2O5S. The first kappa shape index (κ1) is 24.4. The molecule has 0 saturated heterocycles. The third-order valence-electron chi connectivity index (χ3n) is 4.95. The van der Waals surface area contributed by atoms with Crippen LogP contribution in [0.4, 0.5) is 5.69 Å². The lowest BCUT2D eigenvalue weighted by Crippen LogP contribution is -2.40. The molecular weight excluding hydrogens is 464 g/mol. The maximum Gasteiger partial charge on any atom is 0.264 e. The molecule has 174 valence electrons. The number of halogens is 1. The van der Waals surface area contributed by atoms with E-state index in [2.05, 4.69) is 5.32 Å². The van der Waals surface area contributed by atoms with Crippen LogP contribution in [0, 0.1) is 6.92 Å². The van der Waals surface area contributed by atoms with E-state index in [-0.39, 0.29) is 22.9 Å². The summed E-state index contributed by atoms with van der Waals surface area (Å²) < 4.78 is 38.9. The molecule has 0 aromatic heterocycles. The summed E-state index contributed by atoms with van der Waals surface area (Å²) in [4.78, 5) is 12.9. The first-order valence-electron chi connectivity index (χ1n) is 10.1. The summed E-state index contributed by atoms with van der Waals surface area (Å²) in [6.07, 6.45) is 0. The van der Waals surface area contributed by atoms with Crippen molar-refractivity contribution in [3.63, 3.8) is 0 Å². The second kappa shape index (κ2) is 10.6. The lowest BCUT2D eigenvalue weighted by Gasteiger charge is -2.26. The predicted molar refractivity (Wildman–Crippen MR) is 129 cm³/mol. The average molecular weight is 489 g/mol. The molecule has 0 unspecified atom stereocenters. The molecule has 7 nitrogen and oxygen atoms in total. The average Bonchev–Trinajstić information content (AvgIpc) is 2.82. The number of nitrogens with zero attached hydrogens (tertiary/aromatic N) is 1. The Morgan fingerprint density at radius 2 is 1.64 bits per heavy atom. The van der Waals surface area contributed by atoms with Gasteiger partial charge in [0.25, 0.3) is 10.0 Å². The van der Waals surface area contributed by atoms with Crippen molar-refractivity contribution in [1.82, 2.24) is 5.32 Å². The van der Waals surface area contributed by atoms with E-state index in [1.807, 2.05) is 6.92 Å². The smallest absolute Gasteiger partial charge is 0.264 e. The van der Waals surface area contributed by atoms with Crippen molar-refractivity contribution in [2.75, 3.05) is 25.1 Å². The summed E-state index contributed by atoms with van der Waals surface area (Å²) in [6.45, 7) is 1.64. The second-order valence-electron chi connectivity index (χ2n) is 7.27. The van der Waals surface area contributed by atoms with Gasteiger partial charge in [0.1, 0.15) is 18.0 Å². The van der Waals surface area contributed by atoms with Crippen LogP contribution in [-0.2, 0) is 21.4 Å². The zero-order valence-electron chi connectivity index (χ0n) is 18.5. The minimum Gasteiger partial charge on any atom is -0.497 e. The van der Waals surface area contributed by atoms with Gasteiger partial charge in [-0.3, -0.25) is 9.10 Å². The zero-order chi connectivity index (χ0) is 24.0. The monoisotopic (exact) mass is 488 g/mol. The third-order valence-corrected chi connectivity index (χ3v) is 6.98. The molecule has 0 heterocycles. The lowest BCUT2D eigenvalue weighted by molar-refractivity contribution is -0.119. The van der Waals surface area contributed by atoms with E-state index in [9.17, 15) is 13.2 Å². The van der Waals surface area contributed by atoms with E-state index in [4.69, 9.17) is 21.1 Å². The number of benzene rings is 3. The Kier molecular flexibility index (Phi) is 7.84. The Morgan fingerprint density at radius 1 is 0.970 bits per heavy atom. The number of methoxy groups -OCH3 is 2. The molecule has 0 spiro atoms. The molecule has 1 N–H and O–H groups in total. The number of rotatable bonds is 9. The Hall–Kier alpha value is -3.23. The maximum atomic E-state index is 13.6. The number of nitrogens with one attached hydrogen (secondary N) is 1. The predicted octanol–water partition coefficient (Wildman–Crippen LogP) is 4.18. The minimum absolute atomic E-state index is 0.0588. The molecule has 0 atom stereocenters. The molecule has 0 aliphatic rings. The van der Waals surface area contributed by atoms with Gasteiger partial charge in [0, 0.05) is 17.6 Å². The van der Waals surface area contributed by atoms with E-state index < -0.39 is 22.5 Å². The fraction of sp³-hybridized carbons (Fsp3) is 0.208. The molecule has 0 fully saturated rings. The number of sulfonamides is 1. The van der Waals surface area contributed by atoms with E-state index in [1.165, 1.54) is 32.4 Å². The number of aryl methyl sites for hydroxylation is 1. The largest absolute Gasteiger partial charge is 0.497 e. The Morgan fingerprint density at radius 3 is 2.24 bits per heavy atom. The van der Waals surface area contributed by atoms with Gasteiger partial charge >= 0.3 is 0 Å². The summed E-state index contributed by atoms with van der Waals surface area (Å²) in [5.74, 6) is 0.235. The normalized spacial score (nSPS) is 11.0. The van der Waals surface area contributed by atoms with Crippen LogP contribution < -0.4 is 19.1 Å². The van der Waals surface area contributed by atoms with Crippen LogP contribution in [0.15, 0.2) is 71.6 Å². The summed E-state index contributed by atoms with van der Waals surface area (Å²) in [6, 6.07) is 18.2. The molecule has 3 aromatic carbocycles. The van der Waals surface area contributed by atoms with Crippen molar-refractivity contribution in [2.24, 2.45) is 0 Å². The SMILES string of the molecule is COc1ccc(OC)c(N(CC(=O)NCc2ccc(Cl)cc2)S(=O)(=O)c2ccc(C)cc2)c1. The molecule has 0 aliphatic carbocycles. The van der Waals surface area contributed by atoms with Gasteiger partial charge in [0.2, 0.25) is 5.91 Å². The fourth-order valence-corrected chi connectivity index (χ4v) is 4.67. The van der Waals surface area contributed by atoms with E-state index in [0.29, 0.717) is 10.8 Å². The summed E-state index contributed by atoms with van der Waals surface area (Å²) in [5, 5.41) is 3.35. The molecule has 0 bridgehead atoms. The lowest BCUT2D eigenvalue weighted by atomic mass is 10.2. The van der Waals surface area contributed by atoms with Gasteiger partial charge in [0.15, 0.2) is 0 Å². The minimum atomic E-state index is -4.09. The first-order chi connectivity index (χ1) is 15.7. The van der Waals surface area contributed by atoms with Crippen LogP contribution in [0.2, 0.25) is 5.02 Å². The second-order valence-corrected chi connectivity index (χ2v) is 9.56. The molecule has 33 heavy (non-hydrogen) atoms. The fourth-order valence-electron chi connectivity index (χ4n) is 3.12. The van der Waals surface area contributed by atoms with Crippen molar-refractivity contribution in [2.45, 2.75) is 18.4 Å². The van der Waals surface area contributed by atoms with Gasteiger partial charge in [-0.05, 0) is 48.9 Å². The summed E-state index contributed by atoms with van der Waals surface area (Å²) >= 11 is 5.90. The number of anilines is 1. The van der Waals surface area contributed by atoms with Crippen molar-refractivity contribution in [3.8, 4) is 11.5 Å². The van der Waals surface area contributed by atoms with E-state index >= 15 is 0 Å². The first-order valence-corrected chi connectivity index (χ1v) is 11.9. The van der Waals surface area contributed by atoms with E-state index in [1.54, 1.807) is 48.5 Å². The molecule has 0 saturated carbocycles. The van der Waals surface area contributed by atoms with Crippen LogP contribution in [0.25, 0.3) is 0 Å². The molecule has 3 aromatic rings. The highest BCUT2D eigenvalue weighted by molar-refractivity contribution is 7.92. The van der Waals surface area contributed by atoms with Gasteiger partial charge in [-0.25, -0.2) is 8.42 Å². The molecule has 1 amide bonds. The van der Waals surface area contributed by atoms with Crippen molar-refractivity contribution >= 4 is 33.2 Å². The quantitative estimate of drug-likeness (QED) is 0.488. The van der Waals surface area contributed by atoms with Crippen LogP contribution in [0.1, 0.15) is 11.1 Å². The van der Waals surface area contributed by atoms with Gasteiger partial charge in [-0.1, -0.05) is 41.4 Å². The van der Waals surface area contributed by atoms with Crippen LogP contribution >= 0.6 is 11.6 Å². The third kappa shape index (κ3) is 5.97. The number of carbonyl (C=O) groups is 1. The van der Waals surface area contributed by atoms with Crippen LogP contribution in [0.5, 0.6) is 11.5 Å². The van der Waals surface area contributed by atoms with Crippen molar-refractivity contribution in [3.05, 3.63) is 82.9 Å². The van der Waals surface area contributed by atoms with Gasteiger partial charge in [-0.15, -0.1) is 0 Å². The Bertz CT molecular complexity index is 1210. The number of ether oxygens (including phenoxy) is 2. The molecule has 0 radical (unpaired) electrons. The zero-order valence-corrected chi connectivity index (χ0v) is 20.1. The van der Waals surface area contributed by atoms with Gasteiger partial charge in [0.05, 0.1) is 24.8 Å². The molecule has 0 aliphatic heterocycles. The van der Waals surface area contributed by atoms with E-state index in [0.717, 1.165) is 15.4 Å². The van der Waals surface area contributed by atoms with Gasteiger partial charge in [-0.2, -0.15) is 0 Å². The maximum absolute atomic E-state index is 13.6. The summed E-state index contributed by atoms with van der Waals surface area (Å²) in [7, 11) is -1.18. The Balaban J connectivity index is 1.96. The standard InChI is InChI=1S/C24H25ClN2O5S/c1-17-4-11-21(12-5-17)33(29,30)27(22-14-20(31-2)10-13-23(22)32-3)16-24(28)26-15-18-6-8-19(25)9-7-18/h4-14H,15-16H2,1-3H3,(H,26,28). The topological polar surface area (TPSA) is 84.9 Å². The summed E-state index contributed by atoms with van der Waals surface area (Å²) in [5.41, 5.74) is 1.94. The highest BCUT2D eigenvalue weighted by atomic mass is 35.5. The Labute approximate surface area is 198 Å². The van der Waals surface area contributed by atoms with Gasteiger partial charge < -0.3 is 14.8 Å². The highest BCUT2D eigenvalue weighted by Gasteiger charge is 2.30. The van der Waals surface area contributed by atoms with Crippen molar-refractivity contribution in [1.29, 1.82) is 0 Å². The number of amides is 1. The number of hydrogen-bond donors (Lipinski definition) is 1.